The Labute approximate surface area is 146 Å². The van der Waals surface area contributed by atoms with Gasteiger partial charge in [-0.2, -0.15) is 4.98 Å². The highest BCUT2D eigenvalue weighted by molar-refractivity contribution is 7.10. The molecule has 24 heavy (non-hydrogen) atoms. The van der Waals surface area contributed by atoms with Crippen molar-refractivity contribution in [3.05, 3.63) is 34.1 Å². The summed E-state index contributed by atoms with van der Waals surface area (Å²) in [6.45, 7) is 5.35. The van der Waals surface area contributed by atoms with Gasteiger partial charge < -0.3 is 9.42 Å². The van der Waals surface area contributed by atoms with Gasteiger partial charge in [-0.15, -0.1) is 11.3 Å². The van der Waals surface area contributed by atoms with Crippen LogP contribution >= 0.6 is 11.3 Å². The zero-order chi connectivity index (χ0) is 17.1. The van der Waals surface area contributed by atoms with E-state index in [1.54, 1.807) is 11.3 Å². The van der Waals surface area contributed by atoms with Gasteiger partial charge in [0.25, 0.3) is 0 Å². The van der Waals surface area contributed by atoms with Crippen molar-refractivity contribution >= 4 is 17.2 Å². The summed E-state index contributed by atoms with van der Waals surface area (Å²) in [6, 6.07) is 4.27. The fourth-order valence-corrected chi connectivity index (χ4v) is 3.90. The number of amides is 1. The normalized spacial score (nSPS) is 19.5. The lowest BCUT2D eigenvalue weighted by Gasteiger charge is -2.28. The molecule has 1 amide bonds. The third kappa shape index (κ3) is 3.52. The Morgan fingerprint density at radius 2 is 2.42 bits per heavy atom. The first kappa shape index (κ1) is 17.1. The van der Waals surface area contributed by atoms with Gasteiger partial charge in [0, 0.05) is 18.3 Å². The second-order valence-corrected chi connectivity index (χ2v) is 7.20. The molecule has 7 heteroatoms. The van der Waals surface area contributed by atoms with Gasteiger partial charge in [0.15, 0.2) is 5.82 Å². The number of rotatable bonds is 6. The lowest BCUT2D eigenvalue weighted by molar-refractivity contribution is -0.133. The number of hydrogen-bond donors (Lipinski definition) is 0. The van der Waals surface area contributed by atoms with Crippen LogP contribution in [0, 0.1) is 0 Å². The molecule has 2 aromatic rings. The van der Waals surface area contributed by atoms with Crippen molar-refractivity contribution in [1.82, 2.24) is 19.9 Å². The molecule has 3 heterocycles. The summed E-state index contributed by atoms with van der Waals surface area (Å²) in [5.74, 6) is 1.50. The van der Waals surface area contributed by atoms with Gasteiger partial charge >= 0.3 is 0 Å². The third-order valence-electron chi connectivity index (χ3n) is 4.72. The van der Waals surface area contributed by atoms with Crippen molar-refractivity contribution < 1.29 is 9.32 Å². The van der Waals surface area contributed by atoms with Gasteiger partial charge in [-0.25, -0.2) is 0 Å². The lowest BCUT2D eigenvalue weighted by atomic mass is 10.2. The van der Waals surface area contributed by atoms with Crippen LogP contribution < -0.4 is 0 Å². The topological polar surface area (TPSA) is 62.5 Å². The van der Waals surface area contributed by atoms with Crippen molar-refractivity contribution in [2.75, 3.05) is 20.1 Å². The Bertz CT molecular complexity index is 670. The fourth-order valence-electron chi connectivity index (χ4n) is 3.08. The SMILES string of the molecule is CCc1nc([C@H]2CCCN2CC(=O)N(C)[C@H](C)c2cccs2)no1. The van der Waals surface area contributed by atoms with Crippen molar-refractivity contribution in [2.24, 2.45) is 0 Å². The molecule has 0 radical (unpaired) electrons. The predicted octanol–water partition coefficient (Wildman–Crippen LogP) is 3.05. The van der Waals surface area contributed by atoms with E-state index in [9.17, 15) is 4.79 Å². The van der Waals surface area contributed by atoms with Gasteiger partial charge in [-0.1, -0.05) is 18.1 Å². The van der Waals surface area contributed by atoms with Crippen LogP contribution in [-0.4, -0.2) is 46.0 Å². The molecule has 0 aromatic carbocycles. The van der Waals surface area contributed by atoms with Crippen LogP contribution in [0.3, 0.4) is 0 Å². The highest BCUT2D eigenvalue weighted by Gasteiger charge is 2.32. The number of likely N-dealkylation sites (tertiary alicyclic amines) is 1. The summed E-state index contributed by atoms with van der Waals surface area (Å²) in [5, 5.41) is 6.14. The van der Waals surface area contributed by atoms with Crippen molar-refractivity contribution in [1.29, 1.82) is 0 Å². The van der Waals surface area contributed by atoms with Crippen LogP contribution in [0.5, 0.6) is 0 Å². The highest BCUT2D eigenvalue weighted by atomic mass is 32.1. The monoisotopic (exact) mass is 348 g/mol. The number of carbonyl (C=O) groups is 1. The largest absolute Gasteiger partial charge is 0.339 e. The maximum atomic E-state index is 12.7. The van der Waals surface area contributed by atoms with Gasteiger partial charge in [-0.3, -0.25) is 9.69 Å². The number of aryl methyl sites for hydroxylation is 1. The molecule has 0 unspecified atom stereocenters. The second-order valence-electron chi connectivity index (χ2n) is 6.22. The quantitative estimate of drug-likeness (QED) is 0.803. The summed E-state index contributed by atoms with van der Waals surface area (Å²) >= 11 is 1.68. The third-order valence-corrected chi connectivity index (χ3v) is 5.76. The van der Waals surface area contributed by atoms with Crippen molar-refractivity contribution in [2.45, 2.75) is 45.2 Å². The molecule has 0 bridgehead atoms. The Balaban J connectivity index is 1.64. The minimum absolute atomic E-state index is 0.0865. The minimum atomic E-state index is 0.0865. The number of likely N-dealkylation sites (N-methyl/N-ethyl adjacent to an activating group) is 1. The zero-order valence-electron chi connectivity index (χ0n) is 14.4. The Morgan fingerprint density at radius 3 is 3.08 bits per heavy atom. The fraction of sp³-hybridized carbons (Fsp3) is 0.588. The van der Waals surface area contributed by atoms with E-state index in [1.807, 2.05) is 30.3 Å². The van der Waals surface area contributed by atoms with E-state index in [0.717, 1.165) is 25.8 Å². The van der Waals surface area contributed by atoms with E-state index in [0.29, 0.717) is 18.3 Å². The van der Waals surface area contributed by atoms with Crippen LogP contribution in [-0.2, 0) is 11.2 Å². The smallest absolute Gasteiger partial charge is 0.237 e. The zero-order valence-corrected chi connectivity index (χ0v) is 15.3. The Hall–Kier alpha value is -1.73. The second kappa shape index (κ2) is 7.44. The first-order valence-corrected chi connectivity index (χ1v) is 9.33. The summed E-state index contributed by atoms with van der Waals surface area (Å²) in [4.78, 5) is 22.3. The van der Waals surface area contributed by atoms with E-state index in [1.165, 1.54) is 4.88 Å². The number of aromatic nitrogens is 2. The average molecular weight is 348 g/mol. The molecule has 1 aliphatic heterocycles. The summed E-state index contributed by atoms with van der Waals surface area (Å²) in [5.41, 5.74) is 0. The van der Waals surface area contributed by atoms with E-state index >= 15 is 0 Å². The Kier molecular flexibility index (Phi) is 5.30. The van der Waals surface area contributed by atoms with Gasteiger partial charge in [0.1, 0.15) is 0 Å². The van der Waals surface area contributed by atoms with E-state index in [2.05, 4.69) is 28.0 Å². The van der Waals surface area contributed by atoms with Gasteiger partial charge in [-0.05, 0) is 37.8 Å². The molecular weight excluding hydrogens is 324 g/mol. The molecule has 0 aliphatic carbocycles. The summed E-state index contributed by atoms with van der Waals surface area (Å²) < 4.78 is 5.23. The van der Waals surface area contributed by atoms with E-state index in [-0.39, 0.29) is 18.0 Å². The van der Waals surface area contributed by atoms with Gasteiger partial charge in [0.2, 0.25) is 11.8 Å². The van der Waals surface area contributed by atoms with E-state index in [4.69, 9.17) is 4.52 Å². The molecule has 1 fully saturated rings. The van der Waals surface area contributed by atoms with Crippen LogP contribution in [0.2, 0.25) is 0 Å². The van der Waals surface area contributed by atoms with Crippen LogP contribution in [0.4, 0.5) is 0 Å². The van der Waals surface area contributed by atoms with Crippen molar-refractivity contribution in [3.8, 4) is 0 Å². The lowest BCUT2D eigenvalue weighted by Crippen LogP contribution is -2.39. The molecule has 3 rings (SSSR count). The number of carbonyl (C=O) groups excluding carboxylic acids is 1. The standard InChI is InChI=1S/C17H24N4O2S/c1-4-15-18-17(19-23-15)13-7-5-9-21(13)11-16(22)20(3)12(2)14-8-6-10-24-14/h6,8,10,12-13H,4-5,7,9,11H2,1-3H3/t12-,13-/m1/s1. The first-order valence-electron chi connectivity index (χ1n) is 8.45. The van der Waals surface area contributed by atoms with E-state index < -0.39 is 0 Å². The Morgan fingerprint density at radius 1 is 1.58 bits per heavy atom. The number of hydrogen-bond acceptors (Lipinski definition) is 6. The predicted molar refractivity (Wildman–Crippen MR) is 92.7 cm³/mol. The highest BCUT2D eigenvalue weighted by Crippen LogP contribution is 2.30. The molecule has 0 saturated carbocycles. The van der Waals surface area contributed by atoms with Gasteiger partial charge in [0.05, 0.1) is 18.6 Å². The van der Waals surface area contributed by atoms with Crippen LogP contribution in [0.1, 0.15) is 55.4 Å². The molecule has 1 aliphatic rings. The maximum Gasteiger partial charge on any atom is 0.237 e. The molecular formula is C17H24N4O2S. The number of nitrogens with zero attached hydrogens (tertiary/aromatic N) is 4. The molecule has 1 saturated heterocycles. The molecule has 2 atom stereocenters. The van der Waals surface area contributed by atoms with Crippen LogP contribution in [0.15, 0.2) is 22.0 Å². The maximum absolute atomic E-state index is 12.7. The number of thiophene rings is 1. The molecule has 0 N–H and O–H groups in total. The molecule has 130 valence electrons. The molecule has 2 aromatic heterocycles. The summed E-state index contributed by atoms with van der Waals surface area (Å²) in [7, 11) is 1.88. The van der Waals surface area contributed by atoms with Crippen molar-refractivity contribution in [3.63, 3.8) is 0 Å². The minimum Gasteiger partial charge on any atom is -0.339 e. The molecule has 6 nitrogen and oxygen atoms in total. The molecule has 0 spiro atoms. The first-order chi connectivity index (χ1) is 11.6. The summed E-state index contributed by atoms with van der Waals surface area (Å²) in [6.07, 6.45) is 2.76. The van der Waals surface area contributed by atoms with Crippen LogP contribution in [0.25, 0.3) is 0 Å². The average Bonchev–Trinajstić information content (AvgIpc) is 3.33.